The average Bonchev–Trinajstić information content (AvgIpc) is 2.82. The van der Waals surface area contributed by atoms with Gasteiger partial charge >= 0.3 is 12.0 Å². The third-order valence-corrected chi connectivity index (χ3v) is 2.81. The first kappa shape index (κ1) is 11.5. The lowest BCUT2D eigenvalue weighted by molar-refractivity contribution is -0.143. The van der Waals surface area contributed by atoms with Gasteiger partial charge in [-0.2, -0.15) is 0 Å². The number of amides is 2. The van der Waals surface area contributed by atoms with E-state index >= 15 is 0 Å². The normalized spacial score (nSPS) is 20.0. The summed E-state index contributed by atoms with van der Waals surface area (Å²) in [5.41, 5.74) is 0. The van der Waals surface area contributed by atoms with Crippen LogP contribution in [0, 0.1) is 5.92 Å². The number of anilines is 1. The van der Waals surface area contributed by atoms with Gasteiger partial charge in [-0.05, 0) is 18.9 Å². The fourth-order valence-corrected chi connectivity index (χ4v) is 1.90. The number of nitrogens with one attached hydrogen (secondary N) is 1. The van der Waals surface area contributed by atoms with E-state index in [-0.39, 0.29) is 12.6 Å². The summed E-state index contributed by atoms with van der Waals surface area (Å²) in [5, 5.41) is 11.5. The molecule has 0 aromatic carbocycles. The smallest absolute Gasteiger partial charge is 0.324 e. The number of hydrogen-bond acceptors (Lipinski definition) is 3. The molecule has 6 heteroatoms. The molecule has 1 aromatic heterocycles. The van der Waals surface area contributed by atoms with Gasteiger partial charge in [-0.3, -0.25) is 10.1 Å². The number of nitrogens with zero attached hydrogens (tertiary/aromatic N) is 1. The minimum atomic E-state index is -0.847. The second-order valence-electron chi connectivity index (χ2n) is 4.03. The van der Waals surface area contributed by atoms with Gasteiger partial charge in [0.1, 0.15) is 0 Å². The molecular formula is C11H14N2O4. The van der Waals surface area contributed by atoms with Gasteiger partial charge in [-0.15, -0.1) is 0 Å². The largest absolute Gasteiger partial charge is 0.481 e. The van der Waals surface area contributed by atoms with Crippen molar-refractivity contribution < 1.29 is 19.1 Å². The standard InChI is InChI=1S/C11H14N2O4/c14-10(15)8-3-1-5-13(7-8)11(16)12-9-4-2-6-17-9/h2,4,6,8H,1,3,5,7H2,(H,12,16)(H,14,15). The van der Waals surface area contributed by atoms with Crippen molar-refractivity contribution >= 4 is 17.9 Å². The first-order chi connectivity index (χ1) is 8.16. The number of urea groups is 1. The molecule has 92 valence electrons. The zero-order chi connectivity index (χ0) is 12.3. The van der Waals surface area contributed by atoms with Crippen molar-refractivity contribution in [3.8, 4) is 0 Å². The fraction of sp³-hybridized carbons (Fsp3) is 0.455. The molecule has 1 fully saturated rings. The maximum Gasteiger partial charge on any atom is 0.324 e. The Kier molecular flexibility index (Phi) is 3.32. The highest BCUT2D eigenvalue weighted by atomic mass is 16.4. The van der Waals surface area contributed by atoms with Crippen molar-refractivity contribution in [2.75, 3.05) is 18.4 Å². The van der Waals surface area contributed by atoms with Gasteiger partial charge in [0, 0.05) is 19.2 Å². The molecule has 0 bridgehead atoms. The molecule has 0 radical (unpaired) electrons. The predicted molar refractivity (Wildman–Crippen MR) is 59.7 cm³/mol. The maximum atomic E-state index is 11.8. The Labute approximate surface area is 98.2 Å². The predicted octanol–water partition coefficient (Wildman–Crippen LogP) is 1.61. The molecule has 2 N–H and O–H groups in total. The number of carboxylic acids is 1. The molecule has 0 saturated carbocycles. The second-order valence-corrected chi connectivity index (χ2v) is 4.03. The van der Waals surface area contributed by atoms with Crippen LogP contribution >= 0.6 is 0 Å². The summed E-state index contributed by atoms with van der Waals surface area (Å²) in [6.45, 7) is 0.832. The number of aliphatic carboxylic acids is 1. The Morgan fingerprint density at radius 2 is 2.35 bits per heavy atom. The van der Waals surface area contributed by atoms with E-state index < -0.39 is 11.9 Å². The van der Waals surface area contributed by atoms with E-state index in [1.807, 2.05) is 0 Å². The van der Waals surface area contributed by atoms with Crippen LogP contribution in [-0.2, 0) is 4.79 Å². The lowest BCUT2D eigenvalue weighted by Crippen LogP contribution is -2.44. The number of carbonyl (C=O) groups is 2. The summed E-state index contributed by atoms with van der Waals surface area (Å²) in [5.74, 6) is -0.945. The molecule has 2 heterocycles. The molecule has 1 aromatic rings. The van der Waals surface area contributed by atoms with Crippen LogP contribution in [0.5, 0.6) is 0 Å². The summed E-state index contributed by atoms with van der Waals surface area (Å²) in [6.07, 6.45) is 2.80. The summed E-state index contributed by atoms with van der Waals surface area (Å²) in [7, 11) is 0. The Morgan fingerprint density at radius 1 is 1.53 bits per heavy atom. The minimum absolute atomic E-state index is 0.252. The number of piperidine rings is 1. The van der Waals surface area contributed by atoms with E-state index in [4.69, 9.17) is 9.52 Å². The molecule has 6 nitrogen and oxygen atoms in total. The average molecular weight is 238 g/mol. The number of hydrogen-bond donors (Lipinski definition) is 2. The number of carboxylic acid groups (broad SMARTS) is 1. The summed E-state index contributed by atoms with van der Waals surface area (Å²) < 4.78 is 4.99. The number of rotatable bonds is 2. The van der Waals surface area contributed by atoms with Crippen LogP contribution in [0.25, 0.3) is 0 Å². The molecule has 17 heavy (non-hydrogen) atoms. The van der Waals surface area contributed by atoms with Crippen molar-refractivity contribution in [2.45, 2.75) is 12.8 Å². The van der Waals surface area contributed by atoms with Crippen LogP contribution in [0.15, 0.2) is 22.8 Å². The third-order valence-electron chi connectivity index (χ3n) is 2.81. The zero-order valence-electron chi connectivity index (χ0n) is 9.26. The minimum Gasteiger partial charge on any atom is -0.481 e. The Balaban J connectivity index is 1.93. The SMILES string of the molecule is O=C(O)C1CCCN(C(=O)Nc2ccco2)C1. The quantitative estimate of drug-likeness (QED) is 0.819. The highest BCUT2D eigenvalue weighted by molar-refractivity contribution is 5.88. The van der Waals surface area contributed by atoms with Gasteiger partial charge in [0.25, 0.3) is 0 Å². The van der Waals surface area contributed by atoms with Gasteiger partial charge in [0.2, 0.25) is 5.88 Å². The van der Waals surface area contributed by atoms with Gasteiger partial charge in [0.05, 0.1) is 12.2 Å². The van der Waals surface area contributed by atoms with Crippen molar-refractivity contribution in [3.63, 3.8) is 0 Å². The second kappa shape index (κ2) is 4.90. The monoisotopic (exact) mass is 238 g/mol. The van der Waals surface area contributed by atoms with Gasteiger partial charge in [-0.25, -0.2) is 4.79 Å². The van der Waals surface area contributed by atoms with Crippen LogP contribution in [0.3, 0.4) is 0 Å². The molecule has 1 aliphatic heterocycles. The van der Waals surface area contributed by atoms with Gasteiger partial charge in [-0.1, -0.05) is 0 Å². The van der Waals surface area contributed by atoms with E-state index in [2.05, 4.69) is 5.32 Å². The lowest BCUT2D eigenvalue weighted by atomic mass is 9.99. The number of likely N-dealkylation sites (tertiary alicyclic amines) is 1. The van der Waals surface area contributed by atoms with E-state index in [9.17, 15) is 9.59 Å². The van der Waals surface area contributed by atoms with Crippen LogP contribution < -0.4 is 5.32 Å². The van der Waals surface area contributed by atoms with E-state index in [0.717, 1.165) is 0 Å². The molecule has 1 atom stereocenters. The van der Waals surface area contributed by atoms with E-state index in [1.165, 1.54) is 11.2 Å². The van der Waals surface area contributed by atoms with Gasteiger partial charge in [0.15, 0.2) is 0 Å². The summed E-state index contributed by atoms with van der Waals surface area (Å²) in [4.78, 5) is 24.2. The first-order valence-corrected chi connectivity index (χ1v) is 5.49. The van der Waals surface area contributed by atoms with Gasteiger partial charge < -0.3 is 14.4 Å². The summed E-state index contributed by atoms with van der Waals surface area (Å²) in [6, 6.07) is 2.99. The highest BCUT2D eigenvalue weighted by Gasteiger charge is 2.28. The van der Waals surface area contributed by atoms with E-state index in [0.29, 0.717) is 25.3 Å². The van der Waals surface area contributed by atoms with Crippen molar-refractivity contribution in [3.05, 3.63) is 18.4 Å². The number of furan rings is 1. The zero-order valence-corrected chi connectivity index (χ0v) is 9.26. The summed E-state index contributed by atoms with van der Waals surface area (Å²) >= 11 is 0. The lowest BCUT2D eigenvalue weighted by Gasteiger charge is -2.30. The van der Waals surface area contributed by atoms with Crippen LogP contribution in [0.2, 0.25) is 0 Å². The highest BCUT2D eigenvalue weighted by Crippen LogP contribution is 2.18. The molecule has 0 aliphatic carbocycles. The Hall–Kier alpha value is -1.98. The molecule has 0 spiro atoms. The van der Waals surface area contributed by atoms with Crippen molar-refractivity contribution in [1.82, 2.24) is 4.90 Å². The van der Waals surface area contributed by atoms with Crippen LogP contribution in [-0.4, -0.2) is 35.1 Å². The maximum absolute atomic E-state index is 11.8. The van der Waals surface area contributed by atoms with Crippen molar-refractivity contribution in [2.24, 2.45) is 5.92 Å². The van der Waals surface area contributed by atoms with Crippen LogP contribution in [0.1, 0.15) is 12.8 Å². The van der Waals surface area contributed by atoms with E-state index in [1.54, 1.807) is 12.1 Å². The molecule has 1 saturated heterocycles. The molecule has 1 aliphatic rings. The Morgan fingerprint density at radius 3 is 3.00 bits per heavy atom. The molecule has 1 unspecified atom stereocenters. The topological polar surface area (TPSA) is 82.8 Å². The fourth-order valence-electron chi connectivity index (χ4n) is 1.90. The molecule has 2 amide bonds. The molecule has 2 rings (SSSR count). The first-order valence-electron chi connectivity index (χ1n) is 5.49. The number of carbonyl (C=O) groups excluding carboxylic acids is 1. The third kappa shape index (κ3) is 2.77. The Bertz CT molecular complexity index is 402. The van der Waals surface area contributed by atoms with Crippen LogP contribution in [0.4, 0.5) is 10.7 Å². The molecular weight excluding hydrogens is 224 g/mol. The van der Waals surface area contributed by atoms with Crippen molar-refractivity contribution in [1.29, 1.82) is 0 Å².